The van der Waals surface area contributed by atoms with Gasteiger partial charge in [0.05, 0.1) is 12.6 Å². The highest BCUT2D eigenvalue weighted by Gasteiger charge is 2.15. The summed E-state index contributed by atoms with van der Waals surface area (Å²) in [5, 5.41) is 24.9. The molecular formula is C13H15N3O4. The largest absolute Gasteiger partial charge is 0.504 e. The molecule has 0 aliphatic rings. The molecule has 0 spiro atoms. The van der Waals surface area contributed by atoms with Crippen molar-refractivity contribution in [2.24, 2.45) is 5.73 Å². The number of carbonyl (C=O) groups excluding carboxylic acids is 1. The second kappa shape index (κ2) is 6.07. The molecule has 1 heterocycles. The van der Waals surface area contributed by atoms with Crippen LogP contribution in [-0.2, 0) is 17.8 Å². The number of nitrogens with two attached hydrogens (primary N) is 1. The van der Waals surface area contributed by atoms with Gasteiger partial charge in [-0.3, -0.25) is 4.79 Å². The molecule has 0 saturated heterocycles. The number of nitrogens with one attached hydrogen (secondary N) is 1. The third kappa shape index (κ3) is 3.48. The molecule has 1 amide bonds. The highest BCUT2D eigenvalue weighted by Crippen LogP contribution is 2.25. The van der Waals surface area contributed by atoms with Crippen LogP contribution in [0.1, 0.15) is 11.3 Å². The van der Waals surface area contributed by atoms with Crippen LogP contribution in [0.15, 0.2) is 35.1 Å². The van der Waals surface area contributed by atoms with E-state index in [1.54, 1.807) is 12.1 Å². The van der Waals surface area contributed by atoms with E-state index in [9.17, 15) is 15.0 Å². The predicted molar refractivity (Wildman–Crippen MR) is 69.8 cm³/mol. The lowest BCUT2D eigenvalue weighted by Crippen LogP contribution is -2.41. The SMILES string of the molecule is N[C@@H](Cc1ccc(O)c(O)c1)C(=O)NCc1ccon1. The van der Waals surface area contributed by atoms with E-state index in [0.717, 1.165) is 0 Å². The number of hydrogen-bond donors (Lipinski definition) is 4. The molecule has 0 unspecified atom stereocenters. The van der Waals surface area contributed by atoms with E-state index < -0.39 is 6.04 Å². The second-order valence-electron chi connectivity index (χ2n) is 4.34. The van der Waals surface area contributed by atoms with E-state index in [-0.39, 0.29) is 30.4 Å². The fourth-order valence-electron chi connectivity index (χ4n) is 1.68. The van der Waals surface area contributed by atoms with Crippen LogP contribution in [0.4, 0.5) is 0 Å². The number of nitrogens with zero attached hydrogens (tertiary/aromatic N) is 1. The number of rotatable bonds is 5. The molecule has 20 heavy (non-hydrogen) atoms. The van der Waals surface area contributed by atoms with E-state index >= 15 is 0 Å². The molecule has 2 aromatic rings. The van der Waals surface area contributed by atoms with Gasteiger partial charge in [-0.15, -0.1) is 0 Å². The average molecular weight is 277 g/mol. The van der Waals surface area contributed by atoms with Crippen molar-refractivity contribution in [2.75, 3.05) is 0 Å². The number of phenols is 2. The number of phenolic OH excluding ortho intramolecular Hbond substituents is 2. The van der Waals surface area contributed by atoms with Gasteiger partial charge in [-0.25, -0.2) is 0 Å². The zero-order valence-corrected chi connectivity index (χ0v) is 10.6. The third-order valence-corrected chi connectivity index (χ3v) is 2.77. The van der Waals surface area contributed by atoms with Crippen molar-refractivity contribution in [1.29, 1.82) is 0 Å². The van der Waals surface area contributed by atoms with Crippen molar-refractivity contribution >= 4 is 5.91 Å². The summed E-state index contributed by atoms with van der Waals surface area (Å²) in [5.74, 6) is -0.781. The molecule has 1 atom stereocenters. The maximum atomic E-state index is 11.8. The zero-order chi connectivity index (χ0) is 14.5. The van der Waals surface area contributed by atoms with Gasteiger partial charge in [-0.1, -0.05) is 11.2 Å². The second-order valence-corrected chi connectivity index (χ2v) is 4.34. The summed E-state index contributed by atoms with van der Waals surface area (Å²) in [7, 11) is 0. The van der Waals surface area contributed by atoms with E-state index in [0.29, 0.717) is 11.3 Å². The summed E-state index contributed by atoms with van der Waals surface area (Å²) in [5.41, 5.74) is 7.04. The summed E-state index contributed by atoms with van der Waals surface area (Å²) in [4.78, 5) is 11.8. The molecular weight excluding hydrogens is 262 g/mol. The molecule has 1 aromatic heterocycles. The van der Waals surface area contributed by atoms with Gasteiger partial charge in [0.2, 0.25) is 5.91 Å². The fraction of sp³-hybridized carbons (Fsp3) is 0.231. The Morgan fingerprint density at radius 2 is 2.15 bits per heavy atom. The standard InChI is InChI=1S/C13H15N3O4/c14-10(5-8-1-2-11(17)12(18)6-8)13(19)15-7-9-3-4-20-16-9/h1-4,6,10,17-18H,5,7,14H2,(H,15,19)/t10-/m0/s1. The van der Waals surface area contributed by atoms with E-state index in [4.69, 9.17) is 5.73 Å². The van der Waals surface area contributed by atoms with Crippen molar-refractivity contribution in [1.82, 2.24) is 10.5 Å². The van der Waals surface area contributed by atoms with Crippen molar-refractivity contribution in [3.05, 3.63) is 41.8 Å². The van der Waals surface area contributed by atoms with Gasteiger partial charge < -0.3 is 25.8 Å². The minimum absolute atomic E-state index is 0.210. The Labute approximate surface area is 115 Å². The molecule has 0 fully saturated rings. The molecule has 0 bridgehead atoms. The number of hydrogen-bond acceptors (Lipinski definition) is 6. The lowest BCUT2D eigenvalue weighted by Gasteiger charge is -2.12. The van der Waals surface area contributed by atoms with Crippen LogP contribution in [0.25, 0.3) is 0 Å². The van der Waals surface area contributed by atoms with E-state index in [1.807, 2.05) is 0 Å². The first kappa shape index (κ1) is 13.9. The van der Waals surface area contributed by atoms with Crippen LogP contribution < -0.4 is 11.1 Å². The number of benzene rings is 1. The van der Waals surface area contributed by atoms with Crippen LogP contribution in [0.3, 0.4) is 0 Å². The summed E-state index contributed by atoms with van der Waals surface area (Å²) in [6, 6.07) is 5.21. The van der Waals surface area contributed by atoms with Crippen molar-refractivity contribution in [3.63, 3.8) is 0 Å². The Bertz CT molecular complexity index is 583. The van der Waals surface area contributed by atoms with Crippen LogP contribution >= 0.6 is 0 Å². The van der Waals surface area contributed by atoms with Crippen LogP contribution in [0.5, 0.6) is 11.5 Å². The smallest absolute Gasteiger partial charge is 0.237 e. The summed E-state index contributed by atoms with van der Waals surface area (Å²) in [6.45, 7) is 0.240. The van der Waals surface area contributed by atoms with Gasteiger partial charge >= 0.3 is 0 Å². The van der Waals surface area contributed by atoms with E-state index in [1.165, 1.54) is 18.4 Å². The molecule has 0 saturated carbocycles. The lowest BCUT2D eigenvalue weighted by molar-refractivity contribution is -0.122. The molecule has 0 aliphatic heterocycles. The first-order valence-corrected chi connectivity index (χ1v) is 5.99. The molecule has 7 nitrogen and oxygen atoms in total. The van der Waals surface area contributed by atoms with Crippen LogP contribution in [-0.4, -0.2) is 27.3 Å². The molecule has 7 heteroatoms. The molecule has 0 aliphatic carbocycles. The number of aromatic nitrogens is 1. The van der Waals surface area contributed by atoms with Crippen molar-refractivity contribution < 1.29 is 19.5 Å². The van der Waals surface area contributed by atoms with Crippen molar-refractivity contribution in [2.45, 2.75) is 19.0 Å². The fourth-order valence-corrected chi connectivity index (χ4v) is 1.68. The molecule has 0 radical (unpaired) electrons. The first-order valence-electron chi connectivity index (χ1n) is 5.99. The predicted octanol–water partition coefficient (Wildman–Crippen LogP) is 0.272. The van der Waals surface area contributed by atoms with Gasteiger partial charge in [0.25, 0.3) is 0 Å². The minimum atomic E-state index is -0.758. The quantitative estimate of drug-likeness (QED) is 0.582. The van der Waals surface area contributed by atoms with Gasteiger partial charge in [0.1, 0.15) is 12.0 Å². The number of carbonyl (C=O) groups is 1. The number of amides is 1. The topological polar surface area (TPSA) is 122 Å². The minimum Gasteiger partial charge on any atom is -0.504 e. The Hall–Kier alpha value is -2.54. The Morgan fingerprint density at radius 1 is 1.35 bits per heavy atom. The Balaban J connectivity index is 1.88. The summed E-state index contributed by atoms with van der Waals surface area (Å²) < 4.78 is 4.64. The van der Waals surface area contributed by atoms with Gasteiger partial charge in [-0.05, 0) is 24.1 Å². The molecule has 5 N–H and O–H groups in total. The first-order chi connectivity index (χ1) is 9.56. The third-order valence-electron chi connectivity index (χ3n) is 2.77. The molecule has 1 aromatic carbocycles. The van der Waals surface area contributed by atoms with Gasteiger partial charge in [-0.2, -0.15) is 0 Å². The summed E-state index contributed by atoms with van der Waals surface area (Å²) >= 11 is 0. The average Bonchev–Trinajstić information content (AvgIpc) is 2.93. The lowest BCUT2D eigenvalue weighted by atomic mass is 10.1. The monoisotopic (exact) mass is 277 g/mol. The zero-order valence-electron chi connectivity index (χ0n) is 10.6. The van der Waals surface area contributed by atoms with E-state index in [2.05, 4.69) is 15.0 Å². The van der Waals surface area contributed by atoms with Crippen molar-refractivity contribution in [3.8, 4) is 11.5 Å². The Kier molecular flexibility index (Phi) is 4.21. The summed E-state index contributed by atoms with van der Waals surface area (Å²) in [6.07, 6.45) is 1.67. The highest BCUT2D eigenvalue weighted by molar-refractivity contribution is 5.81. The highest BCUT2D eigenvalue weighted by atomic mass is 16.5. The normalized spacial score (nSPS) is 12.1. The maximum absolute atomic E-state index is 11.8. The van der Waals surface area contributed by atoms with Gasteiger partial charge in [0.15, 0.2) is 11.5 Å². The molecule has 2 rings (SSSR count). The molecule has 106 valence electrons. The van der Waals surface area contributed by atoms with Crippen LogP contribution in [0.2, 0.25) is 0 Å². The van der Waals surface area contributed by atoms with Crippen LogP contribution in [0, 0.1) is 0 Å². The number of aromatic hydroxyl groups is 2. The Morgan fingerprint density at radius 3 is 2.80 bits per heavy atom. The van der Waals surface area contributed by atoms with Gasteiger partial charge in [0, 0.05) is 6.07 Å². The maximum Gasteiger partial charge on any atom is 0.237 e.